The van der Waals surface area contributed by atoms with E-state index in [1.54, 1.807) is 12.0 Å². The molecule has 0 saturated carbocycles. The van der Waals surface area contributed by atoms with E-state index in [1.807, 2.05) is 7.05 Å². The zero-order valence-corrected chi connectivity index (χ0v) is 25.5. The molecule has 2 atom stereocenters. The Hall–Kier alpha value is -1.42. The summed E-state index contributed by atoms with van der Waals surface area (Å²) >= 11 is 0. The van der Waals surface area contributed by atoms with Gasteiger partial charge in [0.1, 0.15) is 6.10 Å². The Kier molecular flexibility index (Phi) is 22.3. The Morgan fingerprint density at radius 2 is 1.38 bits per heavy atom. The van der Waals surface area contributed by atoms with Crippen LogP contribution in [0.3, 0.4) is 0 Å². The minimum Gasteiger partial charge on any atom is -0.460 e. The van der Waals surface area contributed by atoms with Gasteiger partial charge in [0.05, 0.1) is 19.1 Å². The second-order valence-electron chi connectivity index (χ2n) is 10.7. The van der Waals surface area contributed by atoms with Crippen LogP contribution in [0.1, 0.15) is 110 Å². The molecular weight excluding hydrogens is 498 g/mol. The molecule has 9 nitrogen and oxygen atoms in total. The van der Waals surface area contributed by atoms with Crippen molar-refractivity contribution in [2.75, 3.05) is 53.6 Å². The Bertz CT molecular complexity index is 591. The summed E-state index contributed by atoms with van der Waals surface area (Å²) in [5, 5.41) is 5.89. The lowest BCUT2D eigenvalue weighted by molar-refractivity contribution is -0.165. The summed E-state index contributed by atoms with van der Waals surface area (Å²) < 4.78 is 23.4. The molecule has 1 aliphatic heterocycles. The fraction of sp³-hybridized carbons (Fsp3) is 0.933. The first-order chi connectivity index (χ1) is 19.0. The maximum Gasteiger partial charge on any atom is 0.317 e. The van der Waals surface area contributed by atoms with Gasteiger partial charge in [0.25, 0.3) is 0 Å². The van der Waals surface area contributed by atoms with E-state index in [2.05, 4.69) is 24.5 Å². The van der Waals surface area contributed by atoms with Crippen molar-refractivity contribution >= 4 is 12.0 Å². The number of ether oxygens (including phenoxy) is 4. The summed E-state index contributed by atoms with van der Waals surface area (Å²) in [5.74, 6) is -0.288. The standard InChI is InChI=1S/C30H59N3O6/c1-5-7-9-11-13-15-21-37-29(38-22-16-14-12-10-8-6-2)18-17-28(34)39-27-23-26(36-4)24-33(25-27)30(35)32-20-19-31-3/h26-27,29,31H,5-25H2,1-4H3,(H,32,35). The molecule has 0 bridgehead atoms. The number of amides is 2. The highest BCUT2D eigenvalue weighted by Gasteiger charge is 2.32. The van der Waals surface area contributed by atoms with Crippen LogP contribution < -0.4 is 10.6 Å². The largest absolute Gasteiger partial charge is 0.460 e. The van der Waals surface area contributed by atoms with Gasteiger partial charge < -0.3 is 34.5 Å². The first-order valence-corrected chi connectivity index (χ1v) is 15.7. The zero-order chi connectivity index (χ0) is 28.6. The predicted octanol–water partition coefficient (Wildman–Crippen LogP) is 5.41. The Morgan fingerprint density at radius 3 is 1.95 bits per heavy atom. The van der Waals surface area contributed by atoms with Gasteiger partial charge in [0.2, 0.25) is 0 Å². The highest BCUT2D eigenvalue weighted by atomic mass is 16.7. The summed E-state index contributed by atoms with van der Waals surface area (Å²) in [7, 11) is 3.46. The lowest BCUT2D eigenvalue weighted by atomic mass is 10.1. The van der Waals surface area contributed by atoms with Crippen LogP contribution in [0.5, 0.6) is 0 Å². The van der Waals surface area contributed by atoms with E-state index in [1.165, 1.54) is 51.4 Å². The van der Waals surface area contributed by atoms with Gasteiger partial charge in [-0.15, -0.1) is 0 Å². The fourth-order valence-electron chi connectivity index (χ4n) is 4.73. The summed E-state index contributed by atoms with van der Waals surface area (Å²) in [6, 6.07) is -0.167. The summed E-state index contributed by atoms with van der Waals surface area (Å²) in [4.78, 5) is 27.0. The Balaban J connectivity index is 2.47. The minimum atomic E-state index is -0.392. The van der Waals surface area contributed by atoms with E-state index < -0.39 is 12.4 Å². The Morgan fingerprint density at radius 1 is 0.821 bits per heavy atom. The van der Waals surface area contributed by atoms with Gasteiger partial charge in [-0.2, -0.15) is 0 Å². The number of unbranched alkanes of at least 4 members (excludes halogenated alkanes) is 10. The summed E-state index contributed by atoms with van der Waals surface area (Å²) in [6.07, 6.45) is 14.8. The zero-order valence-electron chi connectivity index (χ0n) is 25.5. The highest BCUT2D eigenvalue weighted by molar-refractivity contribution is 5.74. The fourth-order valence-corrected chi connectivity index (χ4v) is 4.73. The lowest BCUT2D eigenvalue weighted by Gasteiger charge is -2.36. The molecule has 1 fully saturated rings. The second-order valence-corrected chi connectivity index (χ2v) is 10.7. The number of hydrogen-bond donors (Lipinski definition) is 2. The van der Waals surface area contributed by atoms with Crippen molar-refractivity contribution in [2.45, 2.75) is 129 Å². The van der Waals surface area contributed by atoms with Gasteiger partial charge in [-0.1, -0.05) is 78.1 Å². The molecule has 2 amide bonds. The van der Waals surface area contributed by atoms with Crippen molar-refractivity contribution in [3.8, 4) is 0 Å². The van der Waals surface area contributed by atoms with Crippen molar-refractivity contribution in [1.29, 1.82) is 0 Å². The van der Waals surface area contributed by atoms with Gasteiger partial charge in [-0.05, 0) is 19.9 Å². The minimum absolute atomic E-state index is 0.166. The van der Waals surface area contributed by atoms with Gasteiger partial charge in [-0.3, -0.25) is 4.79 Å². The monoisotopic (exact) mass is 557 g/mol. The first-order valence-electron chi connectivity index (χ1n) is 15.7. The van der Waals surface area contributed by atoms with Crippen LogP contribution in [0.25, 0.3) is 0 Å². The van der Waals surface area contributed by atoms with Crippen LogP contribution in [0, 0.1) is 0 Å². The molecular formula is C30H59N3O6. The third kappa shape index (κ3) is 18.5. The van der Waals surface area contributed by atoms with Crippen molar-refractivity contribution in [2.24, 2.45) is 0 Å². The third-order valence-electron chi connectivity index (χ3n) is 7.13. The number of methoxy groups -OCH3 is 1. The SMILES string of the molecule is CCCCCCCCOC(CCC(=O)OC1CC(OC)CN(C(=O)NCCNC)C1)OCCCCCCCC. The number of hydrogen-bond acceptors (Lipinski definition) is 7. The van der Waals surface area contributed by atoms with E-state index in [0.717, 1.165) is 25.7 Å². The van der Waals surface area contributed by atoms with Crippen LogP contribution in [0.2, 0.25) is 0 Å². The quantitative estimate of drug-likeness (QED) is 0.0930. The Labute approximate surface area is 238 Å². The summed E-state index contributed by atoms with van der Waals surface area (Å²) in [6.45, 7) is 7.82. The molecule has 0 aromatic rings. The molecule has 0 aliphatic carbocycles. The molecule has 2 unspecified atom stereocenters. The number of esters is 1. The third-order valence-corrected chi connectivity index (χ3v) is 7.13. The van der Waals surface area contributed by atoms with Crippen molar-refractivity contribution in [3.05, 3.63) is 0 Å². The topological polar surface area (TPSA) is 98.4 Å². The smallest absolute Gasteiger partial charge is 0.317 e. The predicted molar refractivity (Wildman–Crippen MR) is 156 cm³/mol. The number of carbonyl (C=O) groups is 2. The highest BCUT2D eigenvalue weighted by Crippen LogP contribution is 2.18. The van der Waals surface area contributed by atoms with Gasteiger partial charge in [0.15, 0.2) is 6.29 Å². The molecule has 0 radical (unpaired) electrons. The number of carbonyl (C=O) groups excluding carboxylic acids is 2. The number of likely N-dealkylation sites (N-methyl/N-ethyl adjacent to an activating group) is 1. The second kappa shape index (κ2) is 24.4. The number of nitrogens with zero attached hydrogens (tertiary/aromatic N) is 1. The van der Waals surface area contributed by atoms with Crippen molar-refractivity contribution in [3.63, 3.8) is 0 Å². The molecule has 9 heteroatoms. The van der Waals surface area contributed by atoms with E-state index in [9.17, 15) is 9.59 Å². The molecule has 39 heavy (non-hydrogen) atoms. The van der Waals surface area contributed by atoms with Gasteiger partial charge in [0, 0.05) is 52.8 Å². The summed E-state index contributed by atoms with van der Waals surface area (Å²) in [5.41, 5.74) is 0. The number of nitrogens with one attached hydrogen (secondary N) is 2. The average molecular weight is 558 g/mol. The van der Waals surface area contributed by atoms with Crippen LogP contribution in [-0.4, -0.2) is 88.9 Å². The molecule has 1 heterocycles. The van der Waals surface area contributed by atoms with E-state index in [0.29, 0.717) is 52.2 Å². The molecule has 1 rings (SSSR count). The molecule has 1 aliphatic rings. The molecule has 2 N–H and O–H groups in total. The molecule has 0 aromatic heterocycles. The molecule has 0 spiro atoms. The van der Waals surface area contributed by atoms with Crippen LogP contribution >= 0.6 is 0 Å². The number of urea groups is 1. The number of likely N-dealkylation sites (tertiary alicyclic amines) is 1. The van der Waals surface area contributed by atoms with Crippen LogP contribution in [0.4, 0.5) is 4.79 Å². The van der Waals surface area contributed by atoms with E-state index >= 15 is 0 Å². The van der Waals surface area contributed by atoms with Crippen LogP contribution in [-0.2, 0) is 23.7 Å². The van der Waals surface area contributed by atoms with Crippen LogP contribution in [0.15, 0.2) is 0 Å². The van der Waals surface area contributed by atoms with Gasteiger partial charge >= 0.3 is 12.0 Å². The molecule has 1 saturated heterocycles. The maximum atomic E-state index is 12.7. The first kappa shape index (κ1) is 35.6. The molecule has 0 aromatic carbocycles. The molecule has 230 valence electrons. The van der Waals surface area contributed by atoms with Crippen molar-refractivity contribution in [1.82, 2.24) is 15.5 Å². The maximum absolute atomic E-state index is 12.7. The normalized spacial score (nSPS) is 17.5. The van der Waals surface area contributed by atoms with Gasteiger partial charge in [-0.25, -0.2) is 4.79 Å². The van der Waals surface area contributed by atoms with E-state index in [4.69, 9.17) is 18.9 Å². The van der Waals surface area contributed by atoms with Crippen molar-refractivity contribution < 1.29 is 28.5 Å². The lowest BCUT2D eigenvalue weighted by Crippen LogP contribution is -2.53. The average Bonchev–Trinajstić information content (AvgIpc) is 2.94. The number of rotatable bonds is 24. The number of piperidine rings is 1. The van der Waals surface area contributed by atoms with E-state index in [-0.39, 0.29) is 24.5 Å².